The van der Waals surface area contributed by atoms with Crippen molar-refractivity contribution < 1.29 is 9.66 Å². The Hall–Kier alpha value is -3.52. The van der Waals surface area contributed by atoms with Gasteiger partial charge in [0.15, 0.2) is 0 Å². The summed E-state index contributed by atoms with van der Waals surface area (Å²) in [6, 6.07) is 14.1. The number of fused-ring (bicyclic) bond motifs is 1. The van der Waals surface area contributed by atoms with Crippen molar-refractivity contribution in [3.05, 3.63) is 70.4 Å². The van der Waals surface area contributed by atoms with Gasteiger partial charge in [-0.2, -0.15) is 0 Å². The zero-order valence-electron chi connectivity index (χ0n) is 14.2. The summed E-state index contributed by atoms with van der Waals surface area (Å²) in [6.07, 6.45) is 1.48. The van der Waals surface area contributed by atoms with E-state index in [4.69, 9.17) is 4.74 Å². The van der Waals surface area contributed by atoms with E-state index in [0.717, 1.165) is 27.1 Å². The van der Waals surface area contributed by atoms with E-state index in [1.54, 1.807) is 19.2 Å². The second kappa shape index (κ2) is 7.00. The van der Waals surface area contributed by atoms with Gasteiger partial charge in [0.25, 0.3) is 5.69 Å². The summed E-state index contributed by atoms with van der Waals surface area (Å²) < 4.78 is 5.22. The molecule has 0 bridgehead atoms. The van der Waals surface area contributed by atoms with Crippen LogP contribution in [-0.2, 0) is 0 Å². The molecule has 0 saturated heterocycles. The van der Waals surface area contributed by atoms with Gasteiger partial charge in [0.1, 0.15) is 22.7 Å². The van der Waals surface area contributed by atoms with E-state index in [2.05, 4.69) is 15.3 Å². The van der Waals surface area contributed by atoms with Gasteiger partial charge >= 0.3 is 0 Å². The number of nitrogens with zero attached hydrogens (tertiary/aromatic N) is 3. The van der Waals surface area contributed by atoms with Crippen LogP contribution in [0.4, 0.5) is 17.2 Å². The molecule has 0 radical (unpaired) electrons. The SMILES string of the molecule is COc1ccc(-c2csc3ncnc(Nc4cccc([N+](=O)[O-])c4)c23)cc1. The lowest BCUT2D eigenvalue weighted by molar-refractivity contribution is -0.384. The summed E-state index contributed by atoms with van der Waals surface area (Å²) in [5.74, 6) is 1.39. The number of non-ortho nitro benzene ring substituents is 1. The molecule has 0 amide bonds. The number of nitro benzene ring substituents is 1. The fourth-order valence-electron chi connectivity index (χ4n) is 2.79. The molecule has 0 aliphatic carbocycles. The molecule has 1 N–H and O–H groups in total. The quantitative estimate of drug-likeness (QED) is 0.387. The first-order valence-electron chi connectivity index (χ1n) is 8.04. The monoisotopic (exact) mass is 378 g/mol. The smallest absolute Gasteiger partial charge is 0.271 e. The number of benzene rings is 2. The highest BCUT2D eigenvalue weighted by molar-refractivity contribution is 7.17. The Balaban J connectivity index is 1.78. The summed E-state index contributed by atoms with van der Waals surface area (Å²) in [5.41, 5.74) is 2.62. The summed E-state index contributed by atoms with van der Waals surface area (Å²) in [4.78, 5) is 20.1. The Bertz CT molecular complexity index is 1130. The molecule has 2 aromatic heterocycles. The van der Waals surface area contributed by atoms with Crippen LogP contribution in [0, 0.1) is 10.1 Å². The molecule has 2 aromatic carbocycles. The van der Waals surface area contributed by atoms with Crippen LogP contribution in [0.5, 0.6) is 5.75 Å². The number of ether oxygens (including phenoxy) is 1. The predicted octanol–water partition coefficient (Wildman–Crippen LogP) is 5.02. The lowest BCUT2D eigenvalue weighted by Crippen LogP contribution is -1.96. The highest BCUT2D eigenvalue weighted by atomic mass is 32.1. The minimum atomic E-state index is -0.422. The van der Waals surface area contributed by atoms with Gasteiger partial charge in [-0.3, -0.25) is 10.1 Å². The maximum Gasteiger partial charge on any atom is 0.271 e. The van der Waals surface area contributed by atoms with E-state index in [1.807, 2.05) is 29.6 Å². The zero-order chi connectivity index (χ0) is 18.8. The number of anilines is 2. The number of nitro groups is 1. The van der Waals surface area contributed by atoms with Crippen molar-refractivity contribution >= 4 is 38.7 Å². The van der Waals surface area contributed by atoms with E-state index >= 15 is 0 Å². The minimum Gasteiger partial charge on any atom is -0.497 e. The molecule has 4 rings (SSSR count). The molecule has 0 saturated carbocycles. The zero-order valence-corrected chi connectivity index (χ0v) is 15.1. The second-order valence-corrected chi connectivity index (χ2v) is 6.57. The molecular weight excluding hydrogens is 364 g/mol. The van der Waals surface area contributed by atoms with Gasteiger partial charge in [0, 0.05) is 28.8 Å². The first-order chi connectivity index (χ1) is 13.2. The Kier molecular flexibility index (Phi) is 4.39. The second-order valence-electron chi connectivity index (χ2n) is 5.71. The lowest BCUT2D eigenvalue weighted by Gasteiger charge is -2.09. The molecule has 0 fully saturated rings. The molecule has 0 atom stereocenters. The van der Waals surface area contributed by atoms with E-state index < -0.39 is 4.92 Å². The molecule has 2 heterocycles. The summed E-state index contributed by atoms with van der Waals surface area (Å²) in [5, 5.41) is 17.1. The number of methoxy groups -OCH3 is 1. The Morgan fingerprint density at radius 1 is 1.15 bits per heavy atom. The number of aromatic nitrogens is 2. The predicted molar refractivity (Wildman–Crippen MR) is 106 cm³/mol. The van der Waals surface area contributed by atoms with E-state index in [9.17, 15) is 10.1 Å². The van der Waals surface area contributed by atoms with Gasteiger partial charge in [-0.05, 0) is 23.8 Å². The average molecular weight is 378 g/mol. The number of hydrogen-bond donors (Lipinski definition) is 1. The van der Waals surface area contributed by atoms with E-state index in [1.165, 1.54) is 29.8 Å². The van der Waals surface area contributed by atoms with Gasteiger partial charge < -0.3 is 10.1 Å². The van der Waals surface area contributed by atoms with Crippen LogP contribution >= 0.6 is 11.3 Å². The lowest BCUT2D eigenvalue weighted by atomic mass is 10.1. The summed E-state index contributed by atoms with van der Waals surface area (Å²) in [7, 11) is 1.63. The van der Waals surface area contributed by atoms with Crippen molar-refractivity contribution in [1.29, 1.82) is 0 Å². The van der Waals surface area contributed by atoms with Crippen LogP contribution in [0.3, 0.4) is 0 Å². The molecule has 7 nitrogen and oxygen atoms in total. The van der Waals surface area contributed by atoms with E-state index in [0.29, 0.717) is 11.5 Å². The first kappa shape index (κ1) is 16.9. The Labute approximate surface area is 158 Å². The standard InChI is InChI=1S/C19H14N4O3S/c1-26-15-7-5-12(6-8-15)16-10-27-19-17(16)18(20-11-21-19)22-13-3-2-4-14(9-13)23(24)25/h2-11H,1H3,(H,20,21,22). The van der Waals surface area contributed by atoms with Crippen LogP contribution in [0.2, 0.25) is 0 Å². The molecule has 0 unspecified atom stereocenters. The molecule has 134 valence electrons. The highest BCUT2D eigenvalue weighted by Crippen LogP contribution is 2.38. The fraction of sp³-hybridized carbons (Fsp3) is 0.0526. The number of rotatable bonds is 5. The molecule has 0 aliphatic heterocycles. The van der Waals surface area contributed by atoms with Crippen LogP contribution in [0.25, 0.3) is 21.3 Å². The van der Waals surface area contributed by atoms with Crippen molar-refractivity contribution in [3.63, 3.8) is 0 Å². The van der Waals surface area contributed by atoms with Gasteiger partial charge in [0.05, 0.1) is 17.4 Å². The van der Waals surface area contributed by atoms with Crippen molar-refractivity contribution in [1.82, 2.24) is 9.97 Å². The highest BCUT2D eigenvalue weighted by Gasteiger charge is 2.14. The van der Waals surface area contributed by atoms with Crippen molar-refractivity contribution in [3.8, 4) is 16.9 Å². The largest absolute Gasteiger partial charge is 0.497 e. The molecule has 0 aliphatic rings. The summed E-state index contributed by atoms with van der Waals surface area (Å²) >= 11 is 1.52. The normalized spacial score (nSPS) is 10.7. The Morgan fingerprint density at radius 3 is 2.70 bits per heavy atom. The minimum absolute atomic E-state index is 0.0194. The number of thiophene rings is 1. The first-order valence-corrected chi connectivity index (χ1v) is 8.92. The molecule has 27 heavy (non-hydrogen) atoms. The van der Waals surface area contributed by atoms with Crippen LogP contribution < -0.4 is 10.1 Å². The number of hydrogen-bond acceptors (Lipinski definition) is 7. The molecule has 8 heteroatoms. The van der Waals surface area contributed by atoms with Crippen molar-refractivity contribution in [2.24, 2.45) is 0 Å². The maximum atomic E-state index is 11.0. The number of nitrogens with one attached hydrogen (secondary N) is 1. The fourth-order valence-corrected chi connectivity index (χ4v) is 3.70. The van der Waals surface area contributed by atoms with Gasteiger partial charge in [0.2, 0.25) is 0 Å². The Morgan fingerprint density at radius 2 is 1.96 bits per heavy atom. The van der Waals surface area contributed by atoms with E-state index in [-0.39, 0.29) is 5.69 Å². The van der Waals surface area contributed by atoms with Crippen LogP contribution in [-0.4, -0.2) is 22.0 Å². The van der Waals surface area contributed by atoms with Crippen molar-refractivity contribution in [2.75, 3.05) is 12.4 Å². The molecule has 0 spiro atoms. The third-order valence-corrected chi connectivity index (χ3v) is 4.98. The summed E-state index contributed by atoms with van der Waals surface area (Å²) in [6.45, 7) is 0. The molecule has 4 aromatic rings. The topological polar surface area (TPSA) is 90.2 Å². The van der Waals surface area contributed by atoms with Gasteiger partial charge in [-0.25, -0.2) is 9.97 Å². The maximum absolute atomic E-state index is 11.0. The van der Waals surface area contributed by atoms with Gasteiger partial charge in [-0.1, -0.05) is 18.2 Å². The van der Waals surface area contributed by atoms with Crippen LogP contribution in [0.15, 0.2) is 60.2 Å². The van der Waals surface area contributed by atoms with Gasteiger partial charge in [-0.15, -0.1) is 11.3 Å². The third-order valence-electron chi connectivity index (χ3n) is 4.09. The third kappa shape index (κ3) is 3.30. The van der Waals surface area contributed by atoms with Crippen molar-refractivity contribution in [2.45, 2.75) is 0 Å². The average Bonchev–Trinajstić information content (AvgIpc) is 3.13. The molecular formula is C19H14N4O3S. The van der Waals surface area contributed by atoms with Crippen LogP contribution in [0.1, 0.15) is 0 Å².